The van der Waals surface area contributed by atoms with Crippen LogP contribution in [-0.2, 0) is 24.3 Å². The first-order chi connectivity index (χ1) is 17.2. The predicted molar refractivity (Wildman–Crippen MR) is 135 cm³/mol. The lowest BCUT2D eigenvalue weighted by Gasteiger charge is -2.32. The van der Waals surface area contributed by atoms with Crippen molar-refractivity contribution in [1.29, 1.82) is 0 Å². The van der Waals surface area contributed by atoms with Crippen LogP contribution >= 0.6 is 0 Å². The van der Waals surface area contributed by atoms with Crippen molar-refractivity contribution >= 4 is 5.91 Å². The number of aromatic nitrogens is 3. The third-order valence-corrected chi connectivity index (χ3v) is 7.27. The zero-order chi connectivity index (χ0) is 23.9. The van der Waals surface area contributed by atoms with E-state index in [4.69, 9.17) is 4.74 Å². The van der Waals surface area contributed by atoms with E-state index in [-0.39, 0.29) is 18.6 Å². The quantitative estimate of drug-likeness (QED) is 0.498. The summed E-state index contributed by atoms with van der Waals surface area (Å²) in [6, 6.07) is 19.5. The average Bonchev–Trinajstić information content (AvgIpc) is 3.40. The van der Waals surface area contributed by atoms with Crippen LogP contribution in [0, 0.1) is 5.92 Å². The van der Waals surface area contributed by atoms with Gasteiger partial charge in [-0.05, 0) is 61.5 Å². The number of piperidine rings is 2. The Hall–Kier alpha value is -3.19. The van der Waals surface area contributed by atoms with E-state index in [2.05, 4.69) is 69.6 Å². The van der Waals surface area contributed by atoms with E-state index in [9.17, 15) is 4.79 Å². The van der Waals surface area contributed by atoms with Gasteiger partial charge in [0.2, 0.25) is 5.91 Å². The Kier molecular flexibility index (Phi) is 7.73. The summed E-state index contributed by atoms with van der Waals surface area (Å²) in [5, 5.41) is 4.01. The smallest absolute Gasteiger partial charge is 0.244 e. The molecule has 2 aliphatic rings. The SMILES string of the molecule is O=C(Cn1cncn1)N1CCC(Oc2ccc(CN3CCC(Cc4ccccc4)CC3)cc2)CC1. The zero-order valence-electron chi connectivity index (χ0n) is 20.3. The Morgan fingerprint density at radius 2 is 1.63 bits per heavy atom. The first kappa shape index (κ1) is 23.5. The third kappa shape index (κ3) is 6.69. The van der Waals surface area contributed by atoms with Crippen LogP contribution in [0.3, 0.4) is 0 Å². The van der Waals surface area contributed by atoms with Crippen molar-refractivity contribution in [3.05, 3.63) is 78.4 Å². The zero-order valence-corrected chi connectivity index (χ0v) is 20.3. The van der Waals surface area contributed by atoms with Gasteiger partial charge in [0.05, 0.1) is 0 Å². The maximum Gasteiger partial charge on any atom is 0.244 e. The molecule has 7 heteroatoms. The van der Waals surface area contributed by atoms with Gasteiger partial charge in [-0.3, -0.25) is 9.69 Å². The number of nitrogens with zero attached hydrogens (tertiary/aromatic N) is 5. The molecule has 0 aliphatic carbocycles. The van der Waals surface area contributed by atoms with Gasteiger partial charge in [-0.1, -0.05) is 42.5 Å². The molecule has 0 bridgehead atoms. The summed E-state index contributed by atoms with van der Waals surface area (Å²) in [4.78, 5) is 20.8. The molecule has 2 aliphatic heterocycles. The minimum Gasteiger partial charge on any atom is -0.490 e. The fourth-order valence-corrected chi connectivity index (χ4v) is 5.20. The highest BCUT2D eigenvalue weighted by Crippen LogP contribution is 2.24. The summed E-state index contributed by atoms with van der Waals surface area (Å²) in [6.45, 7) is 5.03. The minimum atomic E-state index is 0.0856. The van der Waals surface area contributed by atoms with E-state index in [0.717, 1.165) is 44.1 Å². The van der Waals surface area contributed by atoms with E-state index in [1.54, 1.807) is 11.0 Å². The first-order valence-electron chi connectivity index (χ1n) is 12.8. The van der Waals surface area contributed by atoms with Crippen LogP contribution in [0.4, 0.5) is 0 Å². The van der Waals surface area contributed by atoms with Gasteiger partial charge in [0.15, 0.2) is 0 Å². The molecular weight excluding hydrogens is 438 g/mol. The Labute approximate surface area is 207 Å². The highest BCUT2D eigenvalue weighted by Gasteiger charge is 2.24. The van der Waals surface area contributed by atoms with E-state index in [1.165, 1.54) is 49.8 Å². The van der Waals surface area contributed by atoms with Crippen molar-refractivity contribution in [2.24, 2.45) is 5.92 Å². The van der Waals surface area contributed by atoms with Crippen LogP contribution < -0.4 is 4.74 Å². The molecule has 0 N–H and O–H groups in total. The molecule has 0 spiro atoms. The Morgan fingerprint density at radius 3 is 2.31 bits per heavy atom. The highest BCUT2D eigenvalue weighted by atomic mass is 16.5. The molecule has 3 heterocycles. The molecule has 35 heavy (non-hydrogen) atoms. The van der Waals surface area contributed by atoms with E-state index in [1.807, 2.05) is 4.90 Å². The molecule has 1 aromatic heterocycles. The molecule has 2 aromatic carbocycles. The molecule has 0 atom stereocenters. The van der Waals surface area contributed by atoms with Gasteiger partial charge in [-0.25, -0.2) is 9.67 Å². The fourth-order valence-electron chi connectivity index (χ4n) is 5.20. The van der Waals surface area contributed by atoms with E-state index >= 15 is 0 Å². The molecule has 2 fully saturated rings. The number of carbonyl (C=O) groups excluding carboxylic acids is 1. The van der Waals surface area contributed by atoms with Crippen molar-refractivity contribution in [2.45, 2.75) is 51.3 Å². The average molecular weight is 474 g/mol. The number of likely N-dealkylation sites (tertiary alicyclic amines) is 2. The molecule has 2 saturated heterocycles. The molecule has 1 amide bonds. The van der Waals surface area contributed by atoms with Gasteiger partial charge < -0.3 is 9.64 Å². The number of ether oxygens (including phenoxy) is 1. The summed E-state index contributed by atoms with van der Waals surface area (Å²) >= 11 is 0. The van der Waals surface area contributed by atoms with Crippen molar-refractivity contribution in [3.63, 3.8) is 0 Å². The van der Waals surface area contributed by atoms with Gasteiger partial charge in [-0.2, -0.15) is 5.10 Å². The Balaban J connectivity index is 1.02. The first-order valence-corrected chi connectivity index (χ1v) is 12.8. The standard InChI is InChI=1S/C28H35N5O2/c34-28(20-33-22-29-21-30-33)32-16-12-27(13-17-32)35-26-8-6-25(7-9-26)19-31-14-10-24(11-15-31)18-23-4-2-1-3-5-23/h1-9,21-22,24,27H,10-20H2. The Bertz CT molecular complexity index is 1040. The fraction of sp³-hybridized carbons (Fsp3) is 0.464. The van der Waals surface area contributed by atoms with E-state index in [0.29, 0.717) is 0 Å². The topological polar surface area (TPSA) is 63.5 Å². The molecule has 7 nitrogen and oxygen atoms in total. The predicted octanol–water partition coefficient (Wildman–Crippen LogP) is 3.80. The van der Waals surface area contributed by atoms with E-state index < -0.39 is 0 Å². The molecule has 3 aromatic rings. The number of carbonyl (C=O) groups is 1. The highest BCUT2D eigenvalue weighted by molar-refractivity contribution is 5.75. The van der Waals surface area contributed by atoms with Crippen LogP contribution in [0.25, 0.3) is 0 Å². The summed E-state index contributed by atoms with van der Waals surface area (Å²) in [5.41, 5.74) is 2.80. The van der Waals surface area contributed by atoms with Gasteiger partial charge in [0, 0.05) is 32.5 Å². The minimum absolute atomic E-state index is 0.0856. The third-order valence-electron chi connectivity index (χ3n) is 7.27. The second-order valence-electron chi connectivity index (χ2n) is 9.84. The summed E-state index contributed by atoms with van der Waals surface area (Å²) in [7, 11) is 0. The number of hydrogen-bond acceptors (Lipinski definition) is 5. The second-order valence-corrected chi connectivity index (χ2v) is 9.84. The van der Waals surface area contributed by atoms with Crippen molar-refractivity contribution in [2.75, 3.05) is 26.2 Å². The van der Waals surface area contributed by atoms with Crippen LogP contribution in [0.5, 0.6) is 5.75 Å². The molecule has 0 unspecified atom stereocenters. The molecule has 0 radical (unpaired) electrons. The van der Waals surface area contributed by atoms with Gasteiger partial charge in [-0.15, -0.1) is 0 Å². The van der Waals surface area contributed by atoms with Crippen LogP contribution in [0.1, 0.15) is 36.8 Å². The summed E-state index contributed by atoms with van der Waals surface area (Å²) in [5.74, 6) is 1.80. The number of benzene rings is 2. The lowest BCUT2D eigenvalue weighted by Crippen LogP contribution is -2.43. The van der Waals surface area contributed by atoms with Crippen molar-refractivity contribution in [3.8, 4) is 5.75 Å². The van der Waals surface area contributed by atoms with Crippen molar-refractivity contribution < 1.29 is 9.53 Å². The number of rotatable bonds is 8. The van der Waals surface area contributed by atoms with Gasteiger partial charge in [0.1, 0.15) is 31.1 Å². The summed E-state index contributed by atoms with van der Waals surface area (Å²) in [6.07, 6.45) is 8.63. The maximum absolute atomic E-state index is 12.4. The Morgan fingerprint density at radius 1 is 0.886 bits per heavy atom. The molecular formula is C28H35N5O2. The number of amides is 1. The maximum atomic E-state index is 12.4. The molecule has 5 rings (SSSR count). The number of hydrogen-bond donors (Lipinski definition) is 0. The van der Waals surface area contributed by atoms with Gasteiger partial charge in [0.25, 0.3) is 0 Å². The van der Waals surface area contributed by atoms with Crippen LogP contribution in [0.2, 0.25) is 0 Å². The monoisotopic (exact) mass is 473 g/mol. The largest absolute Gasteiger partial charge is 0.490 e. The second kappa shape index (κ2) is 11.5. The van der Waals surface area contributed by atoms with Crippen molar-refractivity contribution in [1.82, 2.24) is 24.6 Å². The lowest BCUT2D eigenvalue weighted by molar-refractivity contribution is -0.133. The molecule has 184 valence electrons. The lowest BCUT2D eigenvalue weighted by atomic mass is 9.90. The van der Waals surface area contributed by atoms with Crippen LogP contribution in [0.15, 0.2) is 67.3 Å². The summed E-state index contributed by atoms with van der Waals surface area (Å²) < 4.78 is 7.79. The van der Waals surface area contributed by atoms with Gasteiger partial charge >= 0.3 is 0 Å². The van der Waals surface area contributed by atoms with Crippen LogP contribution in [-0.4, -0.2) is 62.8 Å². The normalized spacial score (nSPS) is 18.0. The molecule has 0 saturated carbocycles.